The number of pyridine rings is 1. The molecule has 2 aromatic carbocycles. The Labute approximate surface area is 179 Å². The van der Waals surface area contributed by atoms with E-state index in [0.29, 0.717) is 24.3 Å². The first-order valence-electron chi connectivity index (χ1n) is 10.4. The van der Waals surface area contributed by atoms with Gasteiger partial charge in [-0.05, 0) is 61.4 Å². The molecule has 2 aromatic heterocycles. The Bertz CT molecular complexity index is 1220. The number of fused-ring (bicyclic) bond motifs is 1. The standard InChI is InChI=1S/C24H22FN5O/c25-18-10-12-19(13-11-18)26-21-8-2-1-7-20(21)24(31)29-14-5-6-17(16-29)23-28-27-22-9-3-4-15-30(22)23/h1-4,7-13,15,17,26H,5-6,14,16H2. The monoisotopic (exact) mass is 415 g/mol. The van der Waals surface area contributed by atoms with Gasteiger partial charge in [0.2, 0.25) is 0 Å². The summed E-state index contributed by atoms with van der Waals surface area (Å²) in [6.07, 6.45) is 3.84. The van der Waals surface area contributed by atoms with E-state index in [1.807, 2.05) is 58.0 Å². The minimum absolute atomic E-state index is 0.0243. The zero-order valence-electron chi connectivity index (χ0n) is 16.9. The van der Waals surface area contributed by atoms with Crippen LogP contribution in [0.25, 0.3) is 5.65 Å². The SMILES string of the molecule is O=C(c1ccccc1Nc1ccc(F)cc1)N1CCCC(c2nnc3ccccn23)C1. The molecule has 1 aliphatic rings. The minimum Gasteiger partial charge on any atom is -0.355 e. The fraction of sp³-hybridized carbons (Fsp3) is 0.208. The number of benzene rings is 2. The highest BCUT2D eigenvalue weighted by Gasteiger charge is 2.29. The minimum atomic E-state index is -0.296. The summed E-state index contributed by atoms with van der Waals surface area (Å²) < 4.78 is 15.2. The van der Waals surface area contributed by atoms with Crippen molar-refractivity contribution in [3.8, 4) is 0 Å². The second kappa shape index (κ2) is 8.18. The lowest BCUT2D eigenvalue weighted by Gasteiger charge is -2.32. The molecule has 1 atom stereocenters. The Hall–Kier alpha value is -3.74. The van der Waals surface area contributed by atoms with Gasteiger partial charge in [-0.3, -0.25) is 9.20 Å². The first kappa shape index (κ1) is 19.2. The molecule has 156 valence electrons. The van der Waals surface area contributed by atoms with Crippen LogP contribution < -0.4 is 5.32 Å². The highest BCUT2D eigenvalue weighted by molar-refractivity contribution is 6.00. The number of anilines is 2. The predicted octanol–water partition coefficient (Wildman–Crippen LogP) is 4.63. The van der Waals surface area contributed by atoms with Gasteiger partial charge in [0.1, 0.15) is 11.6 Å². The molecule has 31 heavy (non-hydrogen) atoms. The summed E-state index contributed by atoms with van der Waals surface area (Å²) in [5.74, 6) is 0.706. The van der Waals surface area contributed by atoms with Crippen molar-refractivity contribution in [2.24, 2.45) is 0 Å². The third kappa shape index (κ3) is 3.86. The fourth-order valence-corrected chi connectivity index (χ4v) is 4.15. The number of hydrogen-bond donors (Lipinski definition) is 1. The van der Waals surface area contributed by atoms with Crippen molar-refractivity contribution in [1.82, 2.24) is 19.5 Å². The molecule has 3 heterocycles. The van der Waals surface area contributed by atoms with Crippen molar-refractivity contribution in [3.05, 3.63) is 90.1 Å². The third-order valence-electron chi connectivity index (χ3n) is 5.69. The third-order valence-corrected chi connectivity index (χ3v) is 5.69. The molecule has 1 saturated heterocycles. The van der Waals surface area contributed by atoms with Crippen LogP contribution in [0.1, 0.15) is 34.9 Å². The topological polar surface area (TPSA) is 62.5 Å². The maximum Gasteiger partial charge on any atom is 0.255 e. The Morgan fingerprint density at radius 3 is 2.68 bits per heavy atom. The first-order chi connectivity index (χ1) is 15.2. The number of aromatic nitrogens is 3. The first-order valence-corrected chi connectivity index (χ1v) is 10.4. The van der Waals surface area contributed by atoms with Crippen LogP contribution in [0.3, 0.4) is 0 Å². The van der Waals surface area contributed by atoms with Gasteiger partial charge in [-0.2, -0.15) is 0 Å². The Balaban J connectivity index is 1.38. The normalized spacial score (nSPS) is 16.4. The molecule has 0 spiro atoms. The zero-order valence-corrected chi connectivity index (χ0v) is 16.9. The molecular weight excluding hydrogens is 393 g/mol. The molecular formula is C24H22FN5O. The van der Waals surface area contributed by atoms with E-state index in [1.54, 1.807) is 12.1 Å². The van der Waals surface area contributed by atoms with E-state index in [9.17, 15) is 9.18 Å². The lowest BCUT2D eigenvalue weighted by Crippen LogP contribution is -2.39. The largest absolute Gasteiger partial charge is 0.355 e. The summed E-state index contributed by atoms with van der Waals surface area (Å²) in [5.41, 5.74) is 2.84. The Kier molecular flexibility index (Phi) is 5.08. The Morgan fingerprint density at radius 2 is 1.81 bits per heavy atom. The van der Waals surface area contributed by atoms with Crippen LogP contribution in [0.5, 0.6) is 0 Å². The molecule has 1 fully saturated rings. The van der Waals surface area contributed by atoms with Crippen LogP contribution in [-0.4, -0.2) is 38.5 Å². The number of hydrogen-bond acceptors (Lipinski definition) is 4. The lowest BCUT2D eigenvalue weighted by atomic mass is 9.96. The van der Waals surface area contributed by atoms with Crippen molar-refractivity contribution in [2.75, 3.05) is 18.4 Å². The number of rotatable bonds is 4. The van der Waals surface area contributed by atoms with Crippen molar-refractivity contribution in [3.63, 3.8) is 0 Å². The number of nitrogens with one attached hydrogen (secondary N) is 1. The van der Waals surface area contributed by atoms with E-state index in [-0.39, 0.29) is 17.6 Å². The summed E-state index contributed by atoms with van der Waals surface area (Å²) in [6, 6.07) is 19.4. The number of para-hydroxylation sites is 1. The fourth-order valence-electron chi connectivity index (χ4n) is 4.15. The summed E-state index contributed by atoms with van der Waals surface area (Å²) in [7, 11) is 0. The smallest absolute Gasteiger partial charge is 0.255 e. The lowest BCUT2D eigenvalue weighted by molar-refractivity contribution is 0.0705. The molecule has 4 aromatic rings. The quantitative estimate of drug-likeness (QED) is 0.528. The van der Waals surface area contributed by atoms with Crippen molar-refractivity contribution < 1.29 is 9.18 Å². The predicted molar refractivity (Wildman–Crippen MR) is 117 cm³/mol. The van der Waals surface area contributed by atoms with E-state index in [1.165, 1.54) is 12.1 Å². The van der Waals surface area contributed by atoms with Gasteiger partial charge in [0, 0.05) is 30.9 Å². The number of nitrogens with zero attached hydrogens (tertiary/aromatic N) is 4. The average Bonchev–Trinajstić information content (AvgIpc) is 3.25. The summed E-state index contributed by atoms with van der Waals surface area (Å²) in [6.45, 7) is 1.30. The summed E-state index contributed by atoms with van der Waals surface area (Å²) in [5, 5.41) is 11.9. The van der Waals surface area contributed by atoms with E-state index < -0.39 is 0 Å². The van der Waals surface area contributed by atoms with Crippen molar-refractivity contribution >= 4 is 22.9 Å². The van der Waals surface area contributed by atoms with Gasteiger partial charge < -0.3 is 10.2 Å². The van der Waals surface area contributed by atoms with Crippen LogP contribution in [0.15, 0.2) is 72.9 Å². The number of halogens is 1. The van der Waals surface area contributed by atoms with Gasteiger partial charge in [0.05, 0.1) is 11.3 Å². The van der Waals surface area contributed by atoms with E-state index in [2.05, 4.69) is 15.5 Å². The number of carbonyl (C=O) groups excluding carboxylic acids is 1. The Morgan fingerprint density at radius 1 is 1.00 bits per heavy atom. The molecule has 6 nitrogen and oxygen atoms in total. The summed E-state index contributed by atoms with van der Waals surface area (Å²) in [4.78, 5) is 15.3. The van der Waals surface area contributed by atoms with E-state index in [0.717, 1.165) is 30.0 Å². The van der Waals surface area contributed by atoms with Crippen LogP contribution >= 0.6 is 0 Å². The van der Waals surface area contributed by atoms with Gasteiger partial charge in [0.15, 0.2) is 5.65 Å². The number of carbonyl (C=O) groups is 1. The second-order valence-corrected chi connectivity index (χ2v) is 7.75. The van der Waals surface area contributed by atoms with Crippen molar-refractivity contribution in [1.29, 1.82) is 0 Å². The molecule has 1 unspecified atom stereocenters. The van der Waals surface area contributed by atoms with Crippen LogP contribution in [0.2, 0.25) is 0 Å². The molecule has 0 saturated carbocycles. The van der Waals surface area contributed by atoms with E-state index >= 15 is 0 Å². The highest BCUT2D eigenvalue weighted by atomic mass is 19.1. The molecule has 0 aliphatic carbocycles. The highest BCUT2D eigenvalue weighted by Crippen LogP contribution is 2.29. The molecule has 0 radical (unpaired) electrons. The van der Waals surface area contributed by atoms with Gasteiger partial charge in [-0.1, -0.05) is 18.2 Å². The van der Waals surface area contributed by atoms with Gasteiger partial charge >= 0.3 is 0 Å². The maximum atomic E-state index is 13.4. The second-order valence-electron chi connectivity index (χ2n) is 7.75. The van der Waals surface area contributed by atoms with Crippen LogP contribution in [0.4, 0.5) is 15.8 Å². The van der Waals surface area contributed by atoms with Gasteiger partial charge in [0.25, 0.3) is 5.91 Å². The molecule has 7 heteroatoms. The number of likely N-dealkylation sites (tertiary alicyclic amines) is 1. The number of amides is 1. The summed E-state index contributed by atoms with van der Waals surface area (Å²) >= 11 is 0. The average molecular weight is 415 g/mol. The van der Waals surface area contributed by atoms with Crippen LogP contribution in [0, 0.1) is 5.82 Å². The van der Waals surface area contributed by atoms with E-state index in [4.69, 9.17) is 0 Å². The van der Waals surface area contributed by atoms with Gasteiger partial charge in [-0.25, -0.2) is 4.39 Å². The zero-order chi connectivity index (χ0) is 21.2. The van der Waals surface area contributed by atoms with Crippen molar-refractivity contribution in [2.45, 2.75) is 18.8 Å². The maximum absolute atomic E-state index is 13.4. The van der Waals surface area contributed by atoms with Crippen LogP contribution in [-0.2, 0) is 0 Å². The molecule has 0 bridgehead atoms. The molecule has 1 N–H and O–H groups in total. The van der Waals surface area contributed by atoms with Gasteiger partial charge in [-0.15, -0.1) is 10.2 Å². The molecule has 5 rings (SSSR count). The molecule has 1 amide bonds. The number of piperidine rings is 1. The molecule has 1 aliphatic heterocycles.